The summed E-state index contributed by atoms with van der Waals surface area (Å²) in [5.74, 6) is 0.665. The van der Waals surface area contributed by atoms with Gasteiger partial charge >= 0.3 is 0 Å². The SMILES string of the molecule is Cc1cccc2nc(-c3ccc4c(c3)ncn4C)c(N)n12. The third-order valence-corrected chi connectivity index (χ3v) is 3.87. The van der Waals surface area contributed by atoms with Crippen molar-refractivity contribution in [1.29, 1.82) is 0 Å². The van der Waals surface area contributed by atoms with Gasteiger partial charge in [-0.2, -0.15) is 0 Å². The van der Waals surface area contributed by atoms with E-state index >= 15 is 0 Å². The van der Waals surface area contributed by atoms with E-state index in [0.717, 1.165) is 33.6 Å². The van der Waals surface area contributed by atoms with Gasteiger partial charge in [-0.25, -0.2) is 9.97 Å². The van der Waals surface area contributed by atoms with Crippen LogP contribution in [-0.2, 0) is 7.05 Å². The number of nitrogens with zero attached hydrogens (tertiary/aromatic N) is 4. The Morgan fingerprint density at radius 3 is 2.81 bits per heavy atom. The molecule has 0 spiro atoms. The van der Waals surface area contributed by atoms with E-state index < -0.39 is 0 Å². The number of imidazole rings is 2. The first-order valence-corrected chi connectivity index (χ1v) is 6.80. The second kappa shape index (κ2) is 4.09. The van der Waals surface area contributed by atoms with Gasteiger partial charge in [-0.3, -0.25) is 4.40 Å². The van der Waals surface area contributed by atoms with Crippen LogP contribution in [0.3, 0.4) is 0 Å². The first-order valence-electron chi connectivity index (χ1n) is 6.80. The number of fused-ring (bicyclic) bond motifs is 2. The molecule has 2 N–H and O–H groups in total. The molecule has 0 fully saturated rings. The van der Waals surface area contributed by atoms with Crippen molar-refractivity contribution in [3.8, 4) is 11.3 Å². The van der Waals surface area contributed by atoms with E-state index in [1.807, 2.05) is 65.7 Å². The van der Waals surface area contributed by atoms with Crippen molar-refractivity contribution in [3.05, 3.63) is 48.4 Å². The Morgan fingerprint density at radius 1 is 1.14 bits per heavy atom. The number of hydrogen-bond acceptors (Lipinski definition) is 3. The van der Waals surface area contributed by atoms with Gasteiger partial charge in [-0.05, 0) is 31.2 Å². The Labute approximate surface area is 121 Å². The molecule has 5 heteroatoms. The molecule has 1 aromatic carbocycles. The fourth-order valence-corrected chi connectivity index (χ4v) is 2.78. The standard InChI is InChI=1S/C16H15N5/c1-10-4-3-5-14-19-15(16(17)21(10)14)11-6-7-13-12(8-11)18-9-20(13)2/h3-9H,17H2,1-2H3. The maximum absolute atomic E-state index is 6.30. The highest BCUT2D eigenvalue weighted by Crippen LogP contribution is 2.29. The molecule has 0 bridgehead atoms. The summed E-state index contributed by atoms with van der Waals surface area (Å²) in [4.78, 5) is 9.05. The van der Waals surface area contributed by atoms with Gasteiger partial charge in [0.05, 0.1) is 17.4 Å². The highest BCUT2D eigenvalue weighted by Gasteiger charge is 2.13. The van der Waals surface area contributed by atoms with Crippen LogP contribution in [0, 0.1) is 6.92 Å². The predicted octanol–water partition coefficient (Wildman–Crippen LogP) is 2.78. The minimum atomic E-state index is 0.665. The molecule has 0 saturated carbocycles. The molecule has 0 aliphatic rings. The molecule has 0 aliphatic heterocycles. The largest absolute Gasteiger partial charge is 0.383 e. The highest BCUT2D eigenvalue weighted by molar-refractivity contribution is 5.84. The van der Waals surface area contributed by atoms with Gasteiger partial charge in [0.1, 0.15) is 17.2 Å². The molecular weight excluding hydrogens is 262 g/mol. The topological polar surface area (TPSA) is 61.1 Å². The van der Waals surface area contributed by atoms with Crippen LogP contribution < -0.4 is 5.73 Å². The second-order valence-electron chi connectivity index (χ2n) is 5.27. The average molecular weight is 277 g/mol. The zero-order chi connectivity index (χ0) is 14.6. The summed E-state index contributed by atoms with van der Waals surface area (Å²) in [6, 6.07) is 12.1. The van der Waals surface area contributed by atoms with Crippen LogP contribution in [0.15, 0.2) is 42.7 Å². The van der Waals surface area contributed by atoms with Crippen molar-refractivity contribution < 1.29 is 0 Å². The van der Waals surface area contributed by atoms with E-state index in [1.54, 1.807) is 0 Å². The van der Waals surface area contributed by atoms with E-state index in [9.17, 15) is 0 Å². The lowest BCUT2D eigenvalue weighted by atomic mass is 10.1. The Morgan fingerprint density at radius 2 is 2.00 bits per heavy atom. The summed E-state index contributed by atoms with van der Waals surface area (Å²) in [6.07, 6.45) is 1.81. The number of benzene rings is 1. The van der Waals surface area contributed by atoms with Gasteiger partial charge < -0.3 is 10.3 Å². The Bertz CT molecular complexity index is 977. The Hall–Kier alpha value is -2.82. The van der Waals surface area contributed by atoms with Crippen molar-refractivity contribution >= 4 is 22.5 Å². The number of rotatable bonds is 1. The predicted molar refractivity (Wildman–Crippen MR) is 84.0 cm³/mol. The fraction of sp³-hybridized carbons (Fsp3) is 0.125. The summed E-state index contributed by atoms with van der Waals surface area (Å²) in [6.45, 7) is 2.02. The van der Waals surface area contributed by atoms with Gasteiger partial charge in [0.2, 0.25) is 0 Å². The van der Waals surface area contributed by atoms with E-state index in [-0.39, 0.29) is 0 Å². The summed E-state index contributed by atoms with van der Waals surface area (Å²) in [5, 5.41) is 0. The van der Waals surface area contributed by atoms with Gasteiger partial charge in [0, 0.05) is 18.3 Å². The number of anilines is 1. The Balaban J connectivity index is 1.99. The number of aromatic nitrogens is 4. The smallest absolute Gasteiger partial charge is 0.139 e. The van der Waals surface area contributed by atoms with Crippen molar-refractivity contribution in [2.45, 2.75) is 6.92 Å². The first-order chi connectivity index (χ1) is 10.1. The monoisotopic (exact) mass is 277 g/mol. The third-order valence-electron chi connectivity index (χ3n) is 3.87. The second-order valence-corrected chi connectivity index (χ2v) is 5.27. The molecule has 0 saturated heterocycles. The van der Waals surface area contributed by atoms with Gasteiger partial charge in [-0.15, -0.1) is 0 Å². The maximum atomic E-state index is 6.30. The molecule has 3 heterocycles. The van der Waals surface area contributed by atoms with Gasteiger partial charge in [-0.1, -0.05) is 12.1 Å². The van der Waals surface area contributed by atoms with Crippen LogP contribution in [0.25, 0.3) is 27.9 Å². The van der Waals surface area contributed by atoms with E-state index in [4.69, 9.17) is 5.73 Å². The zero-order valence-electron chi connectivity index (χ0n) is 11.9. The van der Waals surface area contributed by atoms with Crippen molar-refractivity contribution in [1.82, 2.24) is 18.9 Å². The van der Waals surface area contributed by atoms with Crippen LogP contribution in [0.5, 0.6) is 0 Å². The van der Waals surface area contributed by atoms with Crippen LogP contribution in [0.2, 0.25) is 0 Å². The Kier molecular flexibility index (Phi) is 2.33. The lowest BCUT2D eigenvalue weighted by molar-refractivity contribution is 0.948. The fourth-order valence-electron chi connectivity index (χ4n) is 2.78. The minimum Gasteiger partial charge on any atom is -0.383 e. The summed E-state index contributed by atoms with van der Waals surface area (Å²) < 4.78 is 3.97. The maximum Gasteiger partial charge on any atom is 0.139 e. The van der Waals surface area contributed by atoms with Crippen LogP contribution in [0.1, 0.15) is 5.69 Å². The van der Waals surface area contributed by atoms with Crippen molar-refractivity contribution in [2.75, 3.05) is 5.73 Å². The van der Waals surface area contributed by atoms with Crippen LogP contribution >= 0.6 is 0 Å². The molecule has 3 aromatic heterocycles. The quantitative estimate of drug-likeness (QED) is 0.582. The van der Waals surface area contributed by atoms with Gasteiger partial charge in [0.25, 0.3) is 0 Å². The average Bonchev–Trinajstić information content (AvgIpc) is 3.01. The van der Waals surface area contributed by atoms with Crippen LogP contribution in [0.4, 0.5) is 5.82 Å². The molecule has 21 heavy (non-hydrogen) atoms. The molecule has 4 rings (SSSR count). The summed E-state index contributed by atoms with van der Waals surface area (Å²) >= 11 is 0. The van der Waals surface area contributed by atoms with E-state index in [1.165, 1.54) is 0 Å². The van der Waals surface area contributed by atoms with E-state index in [0.29, 0.717) is 5.82 Å². The van der Waals surface area contributed by atoms with Crippen LogP contribution in [-0.4, -0.2) is 18.9 Å². The molecule has 4 aromatic rings. The number of pyridine rings is 1. The molecule has 0 aliphatic carbocycles. The number of hydrogen-bond donors (Lipinski definition) is 1. The van der Waals surface area contributed by atoms with Crippen molar-refractivity contribution in [3.63, 3.8) is 0 Å². The molecule has 5 nitrogen and oxygen atoms in total. The van der Waals surface area contributed by atoms with Gasteiger partial charge in [0.15, 0.2) is 0 Å². The molecule has 0 unspecified atom stereocenters. The molecule has 0 radical (unpaired) electrons. The lowest BCUT2D eigenvalue weighted by Gasteiger charge is -2.02. The summed E-state index contributed by atoms with van der Waals surface area (Å²) in [5.41, 5.74) is 12.1. The summed E-state index contributed by atoms with van der Waals surface area (Å²) in [7, 11) is 1.98. The first kappa shape index (κ1) is 12.0. The van der Waals surface area contributed by atoms with E-state index in [2.05, 4.69) is 9.97 Å². The number of nitrogens with two attached hydrogens (primary N) is 1. The van der Waals surface area contributed by atoms with Crippen molar-refractivity contribution in [2.24, 2.45) is 7.05 Å². The minimum absolute atomic E-state index is 0.665. The molecule has 0 atom stereocenters. The third kappa shape index (κ3) is 1.64. The number of aryl methyl sites for hydroxylation is 2. The molecule has 0 amide bonds. The molecular formula is C16H15N5. The normalized spacial score (nSPS) is 11.5. The highest BCUT2D eigenvalue weighted by atomic mass is 15.1. The lowest BCUT2D eigenvalue weighted by Crippen LogP contribution is -1.97. The number of nitrogen functional groups attached to an aromatic ring is 1. The zero-order valence-corrected chi connectivity index (χ0v) is 11.9. The molecule has 104 valence electrons.